The molecule has 0 amide bonds. The predicted molar refractivity (Wildman–Crippen MR) is 95.2 cm³/mol. The highest BCUT2D eigenvalue weighted by atomic mass is 79.9. The van der Waals surface area contributed by atoms with Gasteiger partial charge in [-0.2, -0.15) is 0 Å². The number of hydrogen-bond donors (Lipinski definition) is 1. The molecule has 1 atom stereocenters. The first-order valence-corrected chi connectivity index (χ1v) is 7.77. The van der Waals surface area contributed by atoms with Gasteiger partial charge in [0.2, 0.25) is 0 Å². The average Bonchev–Trinajstić information content (AvgIpc) is 2.40. The third-order valence-corrected chi connectivity index (χ3v) is 4.46. The van der Waals surface area contributed by atoms with Crippen molar-refractivity contribution >= 4 is 40.7 Å². The van der Waals surface area contributed by atoms with Crippen molar-refractivity contribution in [2.75, 3.05) is 26.2 Å². The zero-order chi connectivity index (χ0) is 13.8. The molecule has 1 aromatic carbocycles. The molecule has 0 aliphatic carbocycles. The van der Waals surface area contributed by atoms with Gasteiger partial charge in [-0.15, -0.1) is 24.8 Å². The first kappa shape index (κ1) is 21.1. The monoisotopic (exact) mass is 400 g/mol. The Bertz CT molecular complexity index is 426. The van der Waals surface area contributed by atoms with Crippen LogP contribution in [0.2, 0.25) is 0 Å². The standard InChI is InChI=1S/C15H22BrFN2.2ClH/c1-11(2)10-14(19-8-6-18-7-9-19)12-4-3-5-13(17)15(12)16;;/h3-5,11,14,18H,6-10H2,1-2H3;2*1H/t14-;;/m0../s1. The Morgan fingerprint density at radius 3 is 2.43 bits per heavy atom. The summed E-state index contributed by atoms with van der Waals surface area (Å²) in [6.45, 7) is 8.54. The highest BCUT2D eigenvalue weighted by molar-refractivity contribution is 9.10. The molecule has 0 radical (unpaired) electrons. The van der Waals surface area contributed by atoms with E-state index in [1.807, 2.05) is 12.1 Å². The molecule has 1 aliphatic heterocycles. The number of halogens is 4. The van der Waals surface area contributed by atoms with Gasteiger partial charge in [0.25, 0.3) is 0 Å². The molecule has 1 aliphatic rings. The molecule has 1 aromatic rings. The van der Waals surface area contributed by atoms with Crippen LogP contribution in [0.3, 0.4) is 0 Å². The summed E-state index contributed by atoms with van der Waals surface area (Å²) in [5.41, 5.74) is 1.08. The van der Waals surface area contributed by atoms with Gasteiger partial charge < -0.3 is 5.32 Å². The summed E-state index contributed by atoms with van der Waals surface area (Å²) in [4.78, 5) is 2.47. The molecule has 2 rings (SSSR count). The van der Waals surface area contributed by atoms with Crippen molar-refractivity contribution in [2.45, 2.75) is 26.3 Å². The highest BCUT2D eigenvalue weighted by Gasteiger charge is 2.25. The maximum atomic E-state index is 13.8. The molecule has 0 unspecified atom stereocenters. The van der Waals surface area contributed by atoms with Gasteiger partial charge in [0.1, 0.15) is 5.82 Å². The van der Waals surface area contributed by atoms with Crippen molar-refractivity contribution in [3.05, 3.63) is 34.1 Å². The molecule has 1 N–H and O–H groups in total. The summed E-state index contributed by atoms with van der Waals surface area (Å²) in [6.07, 6.45) is 1.06. The van der Waals surface area contributed by atoms with Crippen molar-refractivity contribution in [3.63, 3.8) is 0 Å². The Morgan fingerprint density at radius 1 is 1.24 bits per heavy atom. The number of benzene rings is 1. The van der Waals surface area contributed by atoms with Crippen LogP contribution >= 0.6 is 40.7 Å². The number of nitrogens with one attached hydrogen (secondary N) is 1. The van der Waals surface area contributed by atoms with Gasteiger partial charge >= 0.3 is 0 Å². The maximum absolute atomic E-state index is 13.8. The Labute approximate surface area is 147 Å². The van der Waals surface area contributed by atoms with Gasteiger partial charge in [-0.25, -0.2) is 4.39 Å². The lowest BCUT2D eigenvalue weighted by Gasteiger charge is -2.36. The minimum absolute atomic E-state index is 0. The molecule has 6 heteroatoms. The molecule has 122 valence electrons. The van der Waals surface area contributed by atoms with E-state index in [9.17, 15) is 4.39 Å². The van der Waals surface area contributed by atoms with E-state index in [-0.39, 0.29) is 30.6 Å². The zero-order valence-electron chi connectivity index (χ0n) is 12.4. The second-order valence-electron chi connectivity index (χ2n) is 5.57. The normalized spacial score (nSPS) is 17.0. The molecular weight excluding hydrogens is 378 g/mol. The third-order valence-electron chi connectivity index (χ3n) is 3.63. The van der Waals surface area contributed by atoms with E-state index >= 15 is 0 Å². The third kappa shape index (κ3) is 5.68. The van der Waals surface area contributed by atoms with Crippen LogP contribution in [0.1, 0.15) is 31.9 Å². The fraction of sp³-hybridized carbons (Fsp3) is 0.600. The molecule has 0 aromatic heterocycles. The van der Waals surface area contributed by atoms with Crippen LogP contribution in [-0.2, 0) is 0 Å². The van der Waals surface area contributed by atoms with Crippen molar-refractivity contribution in [3.8, 4) is 0 Å². The van der Waals surface area contributed by atoms with E-state index < -0.39 is 0 Å². The van der Waals surface area contributed by atoms with Gasteiger partial charge in [-0.1, -0.05) is 26.0 Å². The van der Waals surface area contributed by atoms with Gasteiger partial charge in [0.15, 0.2) is 0 Å². The molecule has 0 spiro atoms. The number of nitrogens with zero attached hydrogens (tertiary/aromatic N) is 1. The second kappa shape index (κ2) is 10.0. The van der Waals surface area contributed by atoms with E-state index in [0.29, 0.717) is 16.4 Å². The van der Waals surface area contributed by atoms with Crippen LogP contribution in [0, 0.1) is 11.7 Å². The second-order valence-corrected chi connectivity index (χ2v) is 6.37. The van der Waals surface area contributed by atoms with Crippen molar-refractivity contribution in [1.29, 1.82) is 0 Å². The quantitative estimate of drug-likeness (QED) is 0.802. The molecular formula is C15H24BrCl2FN2. The molecule has 0 saturated carbocycles. The van der Waals surface area contributed by atoms with E-state index in [0.717, 1.165) is 38.2 Å². The first-order valence-electron chi connectivity index (χ1n) is 6.98. The van der Waals surface area contributed by atoms with Crippen LogP contribution < -0.4 is 5.32 Å². The zero-order valence-corrected chi connectivity index (χ0v) is 15.7. The van der Waals surface area contributed by atoms with Crippen LogP contribution in [0.15, 0.2) is 22.7 Å². The molecule has 1 heterocycles. The Morgan fingerprint density at radius 2 is 1.86 bits per heavy atom. The van der Waals surface area contributed by atoms with Crippen molar-refractivity contribution in [2.24, 2.45) is 5.92 Å². The van der Waals surface area contributed by atoms with Gasteiger partial charge in [-0.05, 0) is 39.9 Å². The molecule has 1 saturated heterocycles. The number of rotatable bonds is 4. The fourth-order valence-corrected chi connectivity index (χ4v) is 3.22. The summed E-state index contributed by atoms with van der Waals surface area (Å²) in [6, 6.07) is 5.66. The summed E-state index contributed by atoms with van der Waals surface area (Å²) < 4.78 is 14.4. The predicted octanol–water partition coefficient (Wildman–Crippen LogP) is 4.42. The summed E-state index contributed by atoms with van der Waals surface area (Å²) in [5.74, 6) is 0.427. The number of piperazine rings is 1. The summed E-state index contributed by atoms with van der Waals surface area (Å²) in [7, 11) is 0. The fourth-order valence-electron chi connectivity index (χ4n) is 2.69. The Kier molecular flexibility index (Phi) is 10.1. The van der Waals surface area contributed by atoms with Crippen molar-refractivity contribution < 1.29 is 4.39 Å². The van der Waals surface area contributed by atoms with Crippen LogP contribution in [0.5, 0.6) is 0 Å². The van der Waals surface area contributed by atoms with Gasteiger partial charge in [-0.3, -0.25) is 4.90 Å². The van der Waals surface area contributed by atoms with Crippen LogP contribution in [0.4, 0.5) is 4.39 Å². The van der Waals surface area contributed by atoms with Crippen LogP contribution in [-0.4, -0.2) is 31.1 Å². The lowest BCUT2D eigenvalue weighted by atomic mass is 9.95. The lowest BCUT2D eigenvalue weighted by Crippen LogP contribution is -2.45. The average molecular weight is 402 g/mol. The van der Waals surface area contributed by atoms with Crippen LogP contribution in [0.25, 0.3) is 0 Å². The first-order chi connectivity index (χ1) is 9.09. The van der Waals surface area contributed by atoms with E-state index in [1.165, 1.54) is 6.07 Å². The summed E-state index contributed by atoms with van der Waals surface area (Å²) in [5, 5.41) is 3.37. The maximum Gasteiger partial charge on any atom is 0.137 e. The molecule has 0 bridgehead atoms. The van der Waals surface area contributed by atoms with Crippen molar-refractivity contribution in [1.82, 2.24) is 10.2 Å². The Balaban J connectivity index is 0.00000200. The lowest BCUT2D eigenvalue weighted by molar-refractivity contribution is 0.153. The summed E-state index contributed by atoms with van der Waals surface area (Å²) >= 11 is 3.42. The minimum atomic E-state index is -0.165. The molecule has 21 heavy (non-hydrogen) atoms. The van der Waals surface area contributed by atoms with E-state index in [4.69, 9.17) is 0 Å². The minimum Gasteiger partial charge on any atom is -0.314 e. The van der Waals surface area contributed by atoms with E-state index in [2.05, 4.69) is 40.0 Å². The smallest absolute Gasteiger partial charge is 0.137 e. The SMILES string of the molecule is CC(C)C[C@@H](c1cccc(F)c1Br)N1CCNCC1.Cl.Cl. The van der Waals surface area contributed by atoms with E-state index in [1.54, 1.807) is 0 Å². The topological polar surface area (TPSA) is 15.3 Å². The molecule has 2 nitrogen and oxygen atoms in total. The largest absolute Gasteiger partial charge is 0.314 e. The molecule has 1 fully saturated rings. The van der Waals surface area contributed by atoms with Gasteiger partial charge in [0.05, 0.1) is 4.47 Å². The highest BCUT2D eigenvalue weighted by Crippen LogP contribution is 2.34. The number of hydrogen-bond acceptors (Lipinski definition) is 2. The van der Waals surface area contributed by atoms with Gasteiger partial charge in [0, 0.05) is 32.2 Å². The Hall–Kier alpha value is 0.130.